The number of allylic oxidation sites excluding steroid dienone is 3. The fraction of sp³-hybridized carbons (Fsp3) is 0. The third-order valence-electron chi connectivity index (χ3n) is 3.19. The van der Waals surface area contributed by atoms with Crippen LogP contribution in [0.25, 0.3) is 0 Å². The molecule has 2 aromatic rings. The highest BCUT2D eigenvalue weighted by Crippen LogP contribution is 2.29. The number of halogens is 1. The first kappa shape index (κ1) is 15.1. The number of anilines is 1. The van der Waals surface area contributed by atoms with Crippen molar-refractivity contribution in [1.82, 2.24) is 0 Å². The molecule has 0 aliphatic heterocycles. The van der Waals surface area contributed by atoms with Crippen molar-refractivity contribution < 1.29 is 9.90 Å². The van der Waals surface area contributed by atoms with Crippen LogP contribution < -0.4 is 5.32 Å². The lowest BCUT2D eigenvalue weighted by Crippen LogP contribution is -2.15. The third kappa shape index (κ3) is 3.67. The molecule has 0 bridgehead atoms. The molecule has 5 heteroatoms. The predicted molar refractivity (Wildman–Crippen MR) is 92.5 cm³/mol. The van der Waals surface area contributed by atoms with Gasteiger partial charge in [0.2, 0.25) is 0 Å². The number of nitrogens with zero attached hydrogens (tertiary/aromatic N) is 1. The van der Waals surface area contributed by atoms with Gasteiger partial charge in [-0.25, -0.2) is 4.99 Å². The molecule has 0 spiro atoms. The Morgan fingerprint density at radius 2 is 1.83 bits per heavy atom. The zero-order chi connectivity index (χ0) is 16.2. The molecule has 2 N–H and O–H groups in total. The number of phenols is 1. The second-order valence-corrected chi connectivity index (χ2v) is 5.32. The number of hydrogen-bond donors (Lipinski definition) is 2. The lowest BCUT2D eigenvalue weighted by Gasteiger charge is -2.14. The fourth-order valence-corrected chi connectivity index (χ4v) is 2.32. The number of hydrogen-bond acceptors (Lipinski definition) is 4. The average molecular weight is 325 g/mol. The molecule has 4 nitrogen and oxygen atoms in total. The van der Waals surface area contributed by atoms with Gasteiger partial charge < -0.3 is 10.4 Å². The van der Waals surface area contributed by atoms with E-state index in [1.54, 1.807) is 12.1 Å². The van der Waals surface area contributed by atoms with Gasteiger partial charge in [-0.2, -0.15) is 0 Å². The summed E-state index contributed by atoms with van der Waals surface area (Å²) < 4.78 is 0. The second-order valence-electron chi connectivity index (χ2n) is 4.92. The van der Waals surface area contributed by atoms with Crippen molar-refractivity contribution >= 4 is 34.5 Å². The van der Waals surface area contributed by atoms with E-state index < -0.39 is 0 Å². The summed E-state index contributed by atoms with van der Waals surface area (Å²) in [4.78, 5) is 16.1. The van der Waals surface area contributed by atoms with Crippen molar-refractivity contribution in [2.24, 2.45) is 4.99 Å². The molecule has 1 aliphatic carbocycles. The molecule has 0 saturated carbocycles. The van der Waals surface area contributed by atoms with E-state index in [0.717, 1.165) is 5.69 Å². The van der Waals surface area contributed by atoms with E-state index in [2.05, 4.69) is 10.3 Å². The summed E-state index contributed by atoms with van der Waals surface area (Å²) in [5.41, 5.74) is 2.54. The molecule has 0 fully saturated rings. The van der Waals surface area contributed by atoms with Gasteiger partial charge in [-0.05, 0) is 36.4 Å². The van der Waals surface area contributed by atoms with Gasteiger partial charge in [0.15, 0.2) is 5.78 Å². The molecule has 0 heterocycles. The smallest absolute Gasteiger partial charge is 0.180 e. The minimum Gasteiger partial charge on any atom is -0.508 e. The van der Waals surface area contributed by atoms with Crippen molar-refractivity contribution in [2.75, 3.05) is 5.32 Å². The van der Waals surface area contributed by atoms with Gasteiger partial charge in [0.25, 0.3) is 0 Å². The van der Waals surface area contributed by atoms with Gasteiger partial charge >= 0.3 is 0 Å². The van der Waals surface area contributed by atoms with E-state index in [1.807, 2.05) is 30.3 Å². The predicted octanol–water partition coefficient (Wildman–Crippen LogP) is 4.25. The van der Waals surface area contributed by atoms with Crippen LogP contribution in [0.1, 0.15) is 0 Å². The van der Waals surface area contributed by atoms with E-state index in [9.17, 15) is 9.90 Å². The number of aromatic hydroxyl groups is 1. The minimum absolute atomic E-state index is 0.0755. The summed E-state index contributed by atoms with van der Waals surface area (Å²) in [6.45, 7) is 0. The Labute approximate surface area is 138 Å². The van der Waals surface area contributed by atoms with Crippen LogP contribution in [0, 0.1) is 0 Å². The summed E-state index contributed by atoms with van der Waals surface area (Å²) in [6.07, 6.45) is 4.57. The molecule has 0 aromatic heterocycles. The summed E-state index contributed by atoms with van der Waals surface area (Å²) in [6, 6.07) is 14.1. The molecular weight excluding hydrogens is 312 g/mol. The zero-order valence-electron chi connectivity index (χ0n) is 12.0. The first-order valence-electron chi connectivity index (χ1n) is 6.95. The van der Waals surface area contributed by atoms with Crippen LogP contribution in [0.4, 0.5) is 11.4 Å². The molecule has 0 amide bonds. The molecule has 1 aliphatic rings. The average Bonchev–Trinajstić information content (AvgIpc) is 2.53. The Kier molecular flexibility index (Phi) is 4.26. The number of ketones is 1. The van der Waals surface area contributed by atoms with Gasteiger partial charge in [-0.3, -0.25) is 4.79 Å². The SMILES string of the molecule is O=C1C=C/C(=N\c2ccc(O)cc2Cl)C(Nc2ccccc2)=C1. The molecule has 23 heavy (non-hydrogen) atoms. The minimum atomic E-state index is -0.112. The highest BCUT2D eigenvalue weighted by Gasteiger charge is 2.13. The Bertz CT molecular complexity index is 839. The summed E-state index contributed by atoms with van der Waals surface area (Å²) >= 11 is 6.09. The lowest BCUT2D eigenvalue weighted by molar-refractivity contribution is -0.110. The Balaban J connectivity index is 1.95. The van der Waals surface area contributed by atoms with E-state index in [0.29, 0.717) is 22.1 Å². The van der Waals surface area contributed by atoms with Crippen molar-refractivity contribution in [3.05, 3.63) is 77.5 Å². The van der Waals surface area contributed by atoms with Crippen molar-refractivity contribution in [3.8, 4) is 5.75 Å². The van der Waals surface area contributed by atoms with E-state index >= 15 is 0 Å². The zero-order valence-corrected chi connectivity index (χ0v) is 12.8. The highest BCUT2D eigenvalue weighted by molar-refractivity contribution is 6.33. The molecule has 114 valence electrons. The molecule has 2 aromatic carbocycles. The van der Waals surface area contributed by atoms with Crippen molar-refractivity contribution in [3.63, 3.8) is 0 Å². The van der Waals surface area contributed by atoms with Crippen molar-refractivity contribution in [2.45, 2.75) is 0 Å². The van der Waals surface area contributed by atoms with E-state index in [4.69, 9.17) is 11.6 Å². The molecule has 3 rings (SSSR count). The second kappa shape index (κ2) is 6.50. The van der Waals surface area contributed by atoms with Crippen LogP contribution >= 0.6 is 11.6 Å². The lowest BCUT2D eigenvalue weighted by atomic mass is 10.1. The molecule has 0 saturated heterocycles. The maximum atomic E-state index is 11.7. The molecular formula is C18H13ClN2O2. The van der Waals surface area contributed by atoms with Crippen LogP contribution in [0.3, 0.4) is 0 Å². The van der Waals surface area contributed by atoms with Crippen LogP contribution in [0.5, 0.6) is 5.75 Å². The van der Waals surface area contributed by atoms with Crippen LogP contribution in [-0.4, -0.2) is 16.6 Å². The first-order valence-corrected chi connectivity index (χ1v) is 7.33. The number of benzene rings is 2. The number of aliphatic imine (C=N–C) groups is 1. The van der Waals surface area contributed by atoms with Gasteiger partial charge in [-0.15, -0.1) is 0 Å². The normalized spacial score (nSPS) is 15.6. The Morgan fingerprint density at radius 1 is 1.04 bits per heavy atom. The van der Waals surface area contributed by atoms with Crippen LogP contribution in [-0.2, 0) is 4.79 Å². The Morgan fingerprint density at radius 3 is 2.57 bits per heavy atom. The quantitative estimate of drug-likeness (QED) is 0.829. The summed E-state index contributed by atoms with van der Waals surface area (Å²) in [5.74, 6) is -0.0364. The maximum Gasteiger partial charge on any atom is 0.180 e. The van der Waals surface area contributed by atoms with Gasteiger partial charge in [0.1, 0.15) is 5.75 Å². The van der Waals surface area contributed by atoms with E-state index in [-0.39, 0.29) is 11.5 Å². The standard InChI is InChI=1S/C18H13ClN2O2/c19-15-10-13(22)6-8-16(15)21-17-9-7-14(23)11-18(17)20-12-4-2-1-3-5-12/h1-11,20,22H/b21-17+. The van der Waals surface area contributed by atoms with Gasteiger partial charge in [0.05, 0.1) is 22.1 Å². The van der Waals surface area contributed by atoms with E-state index in [1.165, 1.54) is 24.3 Å². The third-order valence-corrected chi connectivity index (χ3v) is 3.50. The Hall–Kier alpha value is -2.85. The first-order chi connectivity index (χ1) is 11.1. The molecule has 0 atom stereocenters. The number of carbonyl (C=O) groups excluding carboxylic acids is 1. The number of nitrogens with one attached hydrogen (secondary N) is 1. The van der Waals surface area contributed by atoms with Gasteiger partial charge in [-0.1, -0.05) is 29.8 Å². The number of phenolic OH excluding ortho intramolecular Hbond substituents is 1. The van der Waals surface area contributed by atoms with Gasteiger partial charge in [0, 0.05) is 17.8 Å². The molecule has 0 radical (unpaired) electrons. The van der Waals surface area contributed by atoms with Crippen LogP contribution in [0.2, 0.25) is 5.02 Å². The topological polar surface area (TPSA) is 61.7 Å². The maximum absolute atomic E-state index is 11.7. The van der Waals surface area contributed by atoms with Crippen molar-refractivity contribution in [1.29, 1.82) is 0 Å². The molecule has 0 unspecified atom stereocenters. The highest BCUT2D eigenvalue weighted by atomic mass is 35.5. The largest absolute Gasteiger partial charge is 0.508 e. The number of para-hydroxylation sites is 1. The fourth-order valence-electron chi connectivity index (χ4n) is 2.11. The summed E-state index contributed by atoms with van der Waals surface area (Å²) in [5, 5.41) is 12.9. The monoisotopic (exact) mass is 324 g/mol. The van der Waals surface area contributed by atoms with Crippen LogP contribution in [0.15, 0.2) is 77.4 Å². The number of carbonyl (C=O) groups is 1. The summed E-state index contributed by atoms with van der Waals surface area (Å²) in [7, 11) is 0. The number of rotatable bonds is 3.